The molecule has 1 fully saturated rings. The largest absolute Gasteiger partial charge is 0.493 e. The van der Waals surface area contributed by atoms with Gasteiger partial charge in [-0.25, -0.2) is 0 Å². The highest BCUT2D eigenvalue weighted by molar-refractivity contribution is 5.58. The van der Waals surface area contributed by atoms with Crippen molar-refractivity contribution in [1.29, 1.82) is 0 Å². The lowest BCUT2D eigenvalue weighted by Crippen LogP contribution is -2.55. The van der Waals surface area contributed by atoms with Crippen LogP contribution in [0.15, 0.2) is 24.8 Å². The van der Waals surface area contributed by atoms with Crippen molar-refractivity contribution in [3.63, 3.8) is 0 Å². The maximum Gasteiger partial charge on any atom is 0.165 e. The van der Waals surface area contributed by atoms with E-state index in [-0.39, 0.29) is 18.8 Å². The minimum atomic E-state index is 0.115. The van der Waals surface area contributed by atoms with Gasteiger partial charge in [0.2, 0.25) is 0 Å². The van der Waals surface area contributed by atoms with Crippen LogP contribution in [0.3, 0.4) is 0 Å². The lowest BCUT2D eigenvalue weighted by Gasteiger charge is -2.45. The summed E-state index contributed by atoms with van der Waals surface area (Å²) >= 11 is 0. The van der Waals surface area contributed by atoms with Gasteiger partial charge < -0.3 is 25.2 Å². The third-order valence-corrected chi connectivity index (χ3v) is 6.08. The van der Waals surface area contributed by atoms with Gasteiger partial charge in [0.15, 0.2) is 11.5 Å². The SMILES string of the molecule is C=CCNC1Cc2ccc(OC)c3c2C2C1CCC(NCCO)C2O3. The van der Waals surface area contributed by atoms with Gasteiger partial charge in [0.1, 0.15) is 6.10 Å². The molecule has 5 unspecified atom stereocenters. The predicted octanol–water partition coefficient (Wildman–Crippen LogP) is 1.60. The molecule has 1 aromatic rings. The van der Waals surface area contributed by atoms with Crippen LogP contribution in [-0.4, -0.2) is 50.1 Å². The average molecular weight is 344 g/mol. The number of methoxy groups -OCH3 is 1. The van der Waals surface area contributed by atoms with E-state index in [0.717, 1.165) is 30.9 Å². The minimum Gasteiger partial charge on any atom is -0.493 e. The summed E-state index contributed by atoms with van der Waals surface area (Å²) < 4.78 is 12.0. The number of nitrogens with one attached hydrogen (secondary N) is 2. The number of hydrogen-bond acceptors (Lipinski definition) is 5. The Morgan fingerprint density at radius 1 is 1.32 bits per heavy atom. The van der Waals surface area contributed by atoms with Crippen molar-refractivity contribution >= 4 is 0 Å². The van der Waals surface area contributed by atoms with Crippen molar-refractivity contribution in [1.82, 2.24) is 10.6 Å². The zero-order valence-corrected chi connectivity index (χ0v) is 14.8. The van der Waals surface area contributed by atoms with E-state index >= 15 is 0 Å². The second-order valence-corrected chi connectivity index (χ2v) is 7.31. The van der Waals surface area contributed by atoms with E-state index in [1.165, 1.54) is 17.5 Å². The predicted molar refractivity (Wildman–Crippen MR) is 97.4 cm³/mol. The van der Waals surface area contributed by atoms with Crippen LogP contribution in [0.25, 0.3) is 0 Å². The average Bonchev–Trinajstić information content (AvgIpc) is 3.05. The first kappa shape index (κ1) is 16.9. The van der Waals surface area contributed by atoms with E-state index in [9.17, 15) is 5.11 Å². The number of ether oxygens (including phenoxy) is 2. The Bertz CT molecular complexity index is 648. The summed E-state index contributed by atoms with van der Waals surface area (Å²) in [6.07, 6.45) is 5.32. The van der Waals surface area contributed by atoms with E-state index < -0.39 is 0 Å². The van der Waals surface area contributed by atoms with Crippen molar-refractivity contribution in [3.05, 3.63) is 35.9 Å². The zero-order valence-electron chi connectivity index (χ0n) is 14.8. The Hall–Kier alpha value is -1.56. The van der Waals surface area contributed by atoms with Crippen LogP contribution < -0.4 is 20.1 Å². The van der Waals surface area contributed by atoms with Gasteiger partial charge >= 0.3 is 0 Å². The molecule has 3 aliphatic rings. The molecule has 1 saturated carbocycles. The van der Waals surface area contributed by atoms with Gasteiger partial charge in [-0.05, 0) is 36.8 Å². The summed E-state index contributed by atoms with van der Waals surface area (Å²) in [5, 5.41) is 16.4. The number of aliphatic hydroxyl groups excluding tert-OH is 1. The molecule has 1 heterocycles. The fourth-order valence-electron chi connectivity index (χ4n) is 5.09. The number of benzene rings is 1. The van der Waals surface area contributed by atoms with Gasteiger partial charge in [-0.1, -0.05) is 12.1 Å². The fraction of sp³-hybridized carbons (Fsp3) is 0.600. The molecule has 5 nitrogen and oxygen atoms in total. The Morgan fingerprint density at radius 3 is 2.96 bits per heavy atom. The van der Waals surface area contributed by atoms with Gasteiger partial charge in [-0.15, -0.1) is 6.58 Å². The van der Waals surface area contributed by atoms with Crippen molar-refractivity contribution in [2.45, 2.75) is 43.4 Å². The number of aliphatic hydroxyl groups is 1. The summed E-state index contributed by atoms with van der Waals surface area (Å²) in [5.74, 6) is 2.74. The molecule has 0 saturated heterocycles. The number of hydrogen-bond donors (Lipinski definition) is 3. The topological polar surface area (TPSA) is 62.8 Å². The van der Waals surface area contributed by atoms with E-state index in [2.05, 4.69) is 23.3 Å². The van der Waals surface area contributed by atoms with Crippen molar-refractivity contribution < 1.29 is 14.6 Å². The Kier molecular flexibility index (Phi) is 4.71. The van der Waals surface area contributed by atoms with Crippen LogP contribution in [0, 0.1) is 5.92 Å². The third-order valence-electron chi connectivity index (χ3n) is 6.08. The van der Waals surface area contributed by atoms with Crippen LogP contribution in [0.1, 0.15) is 29.9 Å². The van der Waals surface area contributed by atoms with Gasteiger partial charge in [0.25, 0.3) is 0 Å². The van der Waals surface area contributed by atoms with E-state index in [0.29, 0.717) is 24.4 Å². The molecule has 0 aromatic heterocycles. The molecule has 25 heavy (non-hydrogen) atoms. The van der Waals surface area contributed by atoms with Crippen molar-refractivity contribution in [2.75, 3.05) is 26.8 Å². The highest BCUT2D eigenvalue weighted by Crippen LogP contribution is 2.56. The fourth-order valence-corrected chi connectivity index (χ4v) is 5.09. The van der Waals surface area contributed by atoms with E-state index in [1.807, 2.05) is 12.1 Å². The summed E-state index contributed by atoms with van der Waals surface area (Å²) in [4.78, 5) is 0. The Morgan fingerprint density at radius 2 is 2.20 bits per heavy atom. The first-order valence-electron chi connectivity index (χ1n) is 9.33. The molecule has 2 aliphatic carbocycles. The lowest BCUT2D eigenvalue weighted by atomic mass is 9.64. The molecule has 1 aromatic carbocycles. The Labute approximate surface area is 149 Å². The smallest absolute Gasteiger partial charge is 0.165 e. The highest BCUT2D eigenvalue weighted by atomic mass is 16.5. The zero-order chi connectivity index (χ0) is 17.4. The molecule has 0 spiro atoms. The van der Waals surface area contributed by atoms with Gasteiger partial charge in [-0.2, -0.15) is 0 Å². The molecule has 1 aliphatic heterocycles. The standard InChI is InChI=1S/C20H28N2O3/c1-3-8-21-15-11-12-4-7-16(24-2)20-17(12)18-13(15)5-6-14(19(18)25-20)22-9-10-23/h3-4,7,13-15,18-19,21-23H,1,5-6,8-11H2,2H3. The van der Waals surface area contributed by atoms with Crippen molar-refractivity contribution in [2.24, 2.45) is 5.92 Å². The maximum atomic E-state index is 9.20. The monoisotopic (exact) mass is 344 g/mol. The highest BCUT2D eigenvalue weighted by Gasteiger charge is 2.53. The summed E-state index contributed by atoms with van der Waals surface area (Å²) in [6, 6.07) is 4.97. The van der Waals surface area contributed by atoms with E-state index in [1.54, 1.807) is 7.11 Å². The quantitative estimate of drug-likeness (QED) is 0.656. The second-order valence-electron chi connectivity index (χ2n) is 7.31. The molecule has 136 valence electrons. The first-order valence-corrected chi connectivity index (χ1v) is 9.33. The van der Waals surface area contributed by atoms with Gasteiger partial charge in [0.05, 0.1) is 13.7 Å². The summed E-state index contributed by atoms with van der Waals surface area (Å²) in [6.45, 7) is 5.45. The van der Waals surface area contributed by atoms with Crippen molar-refractivity contribution in [3.8, 4) is 11.5 Å². The third kappa shape index (κ3) is 2.75. The van der Waals surface area contributed by atoms with Crippen LogP contribution in [0.5, 0.6) is 11.5 Å². The molecule has 0 bridgehead atoms. The van der Waals surface area contributed by atoms with Crippen LogP contribution in [0.2, 0.25) is 0 Å². The maximum absolute atomic E-state index is 9.20. The molecule has 0 amide bonds. The van der Waals surface area contributed by atoms with Crippen LogP contribution in [-0.2, 0) is 6.42 Å². The second kappa shape index (κ2) is 6.98. The summed E-state index contributed by atoms with van der Waals surface area (Å²) in [5.41, 5.74) is 2.74. The molecule has 5 atom stereocenters. The lowest BCUT2D eigenvalue weighted by molar-refractivity contribution is 0.0672. The van der Waals surface area contributed by atoms with E-state index in [4.69, 9.17) is 9.47 Å². The normalized spacial score (nSPS) is 32.0. The molecular weight excluding hydrogens is 316 g/mol. The van der Waals surface area contributed by atoms with Gasteiger partial charge in [-0.3, -0.25) is 0 Å². The van der Waals surface area contributed by atoms with Crippen LogP contribution >= 0.6 is 0 Å². The molecule has 0 radical (unpaired) electrons. The minimum absolute atomic E-state index is 0.115. The molecule has 4 rings (SSSR count). The van der Waals surface area contributed by atoms with Crippen LogP contribution in [0.4, 0.5) is 0 Å². The Balaban J connectivity index is 1.71. The number of rotatable bonds is 7. The molecule has 5 heteroatoms. The molecule has 3 N–H and O–H groups in total. The summed E-state index contributed by atoms with van der Waals surface area (Å²) in [7, 11) is 1.71. The first-order chi connectivity index (χ1) is 12.3. The van der Waals surface area contributed by atoms with Gasteiger partial charge in [0, 0.05) is 36.7 Å². The molecular formula is C20H28N2O3.